The van der Waals surface area contributed by atoms with Gasteiger partial charge < -0.3 is 14.6 Å². The van der Waals surface area contributed by atoms with Crippen molar-refractivity contribution in [3.63, 3.8) is 0 Å². The zero-order valence-corrected chi connectivity index (χ0v) is 17.6. The highest BCUT2D eigenvalue weighted by atomic mass is 16.5. The minimum Gasteiger partial charge on any atom is -0.493 e. The number of carbonyl (C=O) groups is 1. The Kier molecular flexibility index (Phi) is 6.53. The van der Waals surface area contributed by atoms with Crippen LogP contribution in [0.2, 0.25) is 0 Å². The topological polar surface area (TPSA) is 59.0 Å². The van der Waals surface area contributed by atoms with Gasteiger partial charge in [-0.1, -0.05) is 66.7 Å². The lowest BCUT2D eigenvalue weighted by Gasteiger charge is -2.32. The van der Waals surface area contributed by atoms with E-state index in [4.69, 9.17) is 9.47 Å². The maximum Gasteiger partial charge on any atom is 0.320 e. The van der Waals surface area contributed by atoms with Gasteiger partial charge in [-0.25, -0.2) is 0 Å². The van der Waals surface area contributed by atoms with E-state index in [1.54, 1.807) is 7.11 Å². The van der Waals surface area contributed by atoms with Crippen LogP contribution in [-0.2, 0) is 11.4 Å². The van der Waals surface area contributed by atoms with Gasteiger partial charge in [0.15, 0.2) is 11.5 Å². The predicted octanol–water partition coefficient (Wildman–Crippen LogP) is 4.91. The van der Waals surface area contributed by atoms with Crippen LogP contribution in [0.4, 0.5) is 0 Å². The highest BCUT2D eigenvalue weighted by molar-refractivity contribution is 5.74. The second-order valence-electron chi connectivity index (χ2n) is 7.73. The fourth-order valence-electron chi connectivity index (χ4n) is 4.28. The third-order valence-electron chi connectivity index (χ3n) is 5.77. The normalized spacial score (nSPS) is 17.3. The molecule has 5 heteroatoms. The molecule has 0 saturated carbocycles. The third-order valence-corrected chi connectivity index (χ3v) is 5.77. The Labute approximate surface area is 182 Å². The first-order chi connectivity index (χ1) is 15.2. The van der Waals surface area contributed by atoms with Crippen LogP contribution in [0.5, 0.6) is 11.5 Å². The van der Waals surface area contributed by atoms with Gasteiger partial charge in [0.05, 0.1) is 13.2 Å². The van der Waals surface area contributed by atoms with Crippen molar-refractivity contribution in [3.8, 4) is 11.5 Å². The summed E-state index contributed by atoms with van der Waals surface area (Å²) in [7, 11) is 1.63. The molecule has 5 nitrogen and oxygen atoms in total. The molecule has 0 bridgehead atoms. The molecule has 2 unspecified atom stereocenters. The summed E-state index contributed by atoms with van der Waals surface area (Å²) >= 11 is 0. The summed E-state index contributed by atoms with van der Waals surface area (Å²) in [5.74, 6) is 0.534. The maximum atomic E-state index is 11.9. The number of hydrogen-bond donors (Lipinski definition) is 1. The lowest BCUT2D eigenvalue weighted by molar-refractivity contribution is -0.142. The molecule has 1 N–H and O–H groups in total. The summed E-state index contributed by atoms with van der Waals surface area (Å²) in [4.78, 5) is 14.0. The number of likely N-dealkylation sites (tertiary alicyclic amines) is 1. The molecule has 1 saturated heterocycles. The molecule has 1 heterocycles. The molecule has 0 radical (unpaired) electrons. The van der Waals surface area contributed by atoms with E-state index in [2.05, 4.69) is 4.90 Å². The molecule has 1 aliphatic heterocycles. The van der Waals surface area contributed by atoms with E-state index >= 15 is 0 Å². The van der Waals surface area contributed by atoms with Gasteiger partial charge in [0, 0.05) is 6.54 Å². The zero-order valence-electron chi connectivity index (χ0n) is 17.6. The summed E-state index contributed by atoms with van der Waals surface area (Å²) in [6.45, 7) is 1.19. The fourth-order valence-corrected chi connectivity index (χ4v) is 4.28. The average Bonchev–Trinajstić information content (AvgIpc) is 3.29. The van der Waals surface area contributed by atoms with Crippen LogP contribution in [-0.4, -0.2) is 35.7 Å². The number of methoxy groups -OCH3 is 1. The number of hydrogen-bond acceptors (Lipinski definition) is 4. The van der Waals surface area contributed by atoms with E-state index in [-0.39, 0.29) is 6.04 Å². The quantitative estimate of drug-likeness (QED) is 0.564. The third kappa shape index (κ3) is 4.72. The van der Waals surface area contributed by atoms with Crippen molar-refractivity contribution in [2.24, 2.45) is 0 Å². The second-order valence-corrected chi connectivity index (χ2v) is 7.73. The highest BCUT2D eigenvalue weighted by Gasteiger charge is 2.37. The van der Waals surface area contributed by atoms with Crippen LogP contribution < -0.4 is 9.47 Å². The highest BCUT2D eigenvalue weighted by Crippen LogP contribution is 2.38. The predicted molar refractivity (Wildman–Crippen MR) is 119 cm³/mol. The Morgan fingerprint density at radius 2 is 1.71 bits per heavy atom. The standard InChI is InChI=1S/C26H27NO4/c1-30-24-17-21(14-15-23(24)31-18-19-9-4-2-5-10-19)25(20-11-6-3-7-12-20)27-16-8-13-22(27)26(28)29/h2-7,9-12,14-15,17,22,25H,8,13,16,18H2,1H3,(H,28,29). The summed E-state index contributed by atoms with van der Waals surface area (Å²) in [5, 5.41) is 9.76. The molecule has 0 aliphatic carbocycles. The van der Waals surface area contributed by atoms with Crippen molar-refractivity contribution < 1.29 is 19.4 Å². The molecule has 1 aliphatic rings. The number of rotatable bonds is 8. The summed E-state index contributed by atoms with van der Waals surface area (Å²) in [5.41, 5.74) is 3.14. The summed E-state index contributed by atoms with van der Waals surface area (Å²) < 4.78 is 11.6. The summed E-state index contributed by atoms with van der Waals surface area (Å²) in [6.07, 6.45) is 1.53. The van der Waals surface area contributed by atoms with Gasteiger partial charge in [-0.05, 0) is 41.7 Å². The van der Waals surface area contributed by atoms with Crippen molar-refractivity contribution in [3.05, 3.63) is 95.6 Å². The molecule has 2 atom stereocenters. The molecule has 0 spiro atoms. The van der Waals surface area contributed by atoms with Gasteiger partial charge in [0.1, 0.15) is 12.6 Å². The van der Waals surface area contributed by atoms with E-state index in [0.717, 1.165) is 29.7 Å². The first-order valence-electron chi connectivity index (χ1n) is 10.6. The van der Waals surface area contributed by atoms with Gasteiger partial charge in [0.2, 0.25) is 0 Å². The second kappa shape index (κ2) is 9.67. The van der Waals surface area contributed by atoms with Crippen LogP contribution in [0.3, 0.4) is 0 Å². The molecule has 1 fully saturated rings. The van der Waals surface area contributed by atoms with Crippen LogP contribution in [0.25, 0.3) is 0 Å². The van der Waals surface area contributed by atoms with Crippen molar-refractivity contribution >= 4 is 5.97 Å². The maximum absolute atomic E-state index is 11.9. The summed E-state index contributed by atoms with van der Waals surface area (Å²) in [6, 6.07) is 25.3. The first kappa shape index (κ1) is 20.9. The fraction of sp³-hybridized carbons (Fsp3) is 0.269. The first-order valence-corrected chi connectivity index (χ1v) is 10.6. The van der Waals surface area contributed by atoms with E-state index in [9.17, 15) is 9.90 Å². The van der Waals surface area contributed by atoms with Crippen molar-refractivity contribution in [1.29, 1.82) is 0 Å². The van der Waals surface area contributed by atoms with Gasteiger partial charge in [-0.3, -0.25) is 9.69 Å². The lowest BCUT2D eigenvalue weighted by Crippen LogP contribution is -2.39. The van der Waals surface area contributed by atoms with Crippen molar-refractivity contribution in [2.45, 2.75) is 31.5 Å². The number of aliphatic carboxylic acids is 1. The Bertz CT molecular complexity index is 1010. The molecular weight excluding hydrogens is 390 g/mol. The van der Waals surface area contributed by atoms with Crippen molar-refractivity contribution in [2.75, 3.05) is 13.7 Å². The van der Waals surface area contributed by atoms with Crippen LogP contribution in [0.1, 0.15) is 35.6 Å². The van der Waals surface area contributed by atoms with Gasteiger partial charge in [-0.2, -0.15) is 0 Å². The number of ether oxygens (including phenoxy) is 2. The molecule has 3 aromatic rings. The molecule has 0 aromatic heterocycles. The lowest BCUT2D eigenvalue weighted by atomic mass is 9.96. The Hall–Kier alpha value is -3.31. The number of nitrogens with zero attached hydrogens (tertiary/aromatic N) is 1. The smallest absolute Gasteiger partial charge is 0.320 e. The van der Waals surface area contributed by atoms with E-state index in [1.807, 2.05) is 78.9 Å². The Morgan fingerprint density at radius 3 is 2.39 bits per heavy atom. The molecular formula is C26H27NO4. The zero-order chi connectivity index (χ0) is 21.6. The van der Waals surface area contributed by atoms with E-state index in [1.165, 1.54) is 0 Å². The Morgan fingerprint density at radius 1 is 1.00 bits per heavy atom. The monoisotopic (exact) mass is 417 g/mol. The molecule has 160 valence electrons. The minimum absolute atomic E-state index is 0.165. The van der Waals surface area contributed by atoms with Gasteiger partial charge in [-0.15, -0.1) is 0 Å². The van der Waals surface area contributed by atoms with Gasteiger partial charge in [0.25, 0.3) is 0 Å². The van der Waals surface area contributed by atoms with Gasteiger partial charge >= 0.3 is 5.97 Å². The van der Waals surface area contributed by atoms with E-state index < -0.39 is 12.0 Å². The largest absolute Gasteiger partial charge is 0.493 e. The number of benzene rings is 3. The average molecular weight is 418 g/mol. The molecule has 31 heavy (non-hydrogen) atoms. The van der Waals surface area contributed by atoms with Crippen LogP contribution in [0, 0.1) is 0 Å². The Balaban J connectivity index is 1.66. The van der Waals surface area contributed by atoms with E-state index in [0.29, 0.717) is 24.5 Å². The SMILES string of the molecule is COc1cc(C(c2ccccc2)N2CCCC2C(=O)O)ccc1OCc1ccccc1. The molecule has 3 aromatic carbocycles. The molecule has 4 rings (SSSR count). The molecule has 0 amide bonds. The number of carboxylic acid groups (broad SMARTS) is 1. The van der Waals surface area contributed by atoms with Crippen molar-refractivity contribution in [1.82, 2.24) is 4.90 Å². The number of carboxylic acids is 1. The minimum atomic E-state index is -0.770. The van der Waals surface area contributed by atoms with Crippen LogP contribution >= 0.6 is 0 Å². The van der Waals surface area contributed by atoms with Crippen LogP contribution in [0.15, 0.2) is 78.9 Å².